The molecule has 1 aliphatic carbocycles. The van der Waals surface area contributed by atoms with Gasteiger partial charge in [-0.15, -0.1) is 0 Å². The molecule has 3 aromatic rings. The summed E-state index contributed by atoms with van der Waals surface area (Å²) in [6.45, 7) is 11.6. The molecule has 5 rings (SSSR count). The standard InChI is InChI=1S/C32H30Cl2F3N7O2/c1-6-20(45)43-10-9-42(13-16(43)5)30-17-11-19(33)28(21-23(35)22(34)24(36)25(37)26(21)39)41-31(17)44(32(46)18(30)12-38)29-15(4)7-8-40-27(29)14(2)3/h6-8,11,14,16,24-25H,1,9-10,13,39H2,2-5H3/t16-,24?,25?/m1/s1. The Morgan fingerprint density at radius 1 is 1.24 bits per heavy atom. The van der Waals surface area contributed by atoms with E-state index in [1.54, 1.807) is 29.0 Å². The molecule has 2 unspecified atom stereocenters. The minimum absolute atomic E-state index is 0.0596. The number of nitriles is 1. The maximum Gasteiger partial charge on any atom is 0.276 e. The average Bonchev–Trinajstić information content (AvgIpc) is 3.02. The van der Waals surface area contributed by atoms with Gasteiger partial charge in [0.2, 0.25) is 5.91 Å². The summed E-state index contributed by atoms with van der Waals surface area (Å²) in [7, 11) is 0. The number of aryl methyl sites for hydroxylation is 1. The molecular formula is C32H30Cl2F3N7O2. The summed E-state index contributed by atoms with van der Waals surface area (Å²) >= 11 is 12.5. The largest absolute Gasteiger partial charge is 0.399 e. The average molecular weight is 673 g/mol. The number of allylic oxidation sites excluding steroid dienone is 4. The fraction of sp³-hybridized carbons (Fsp3) is 0.344. The fourth-order valence-electron chi connectivity index (χ4n) is 6.00. The number of fused-ring (bicyclic) bond motifs is 1. The van der Waals surface area contributed by atoms with E-state index in [1.807, 2.05) is 20.8 Å². The molecule has 0 aromatic carbocycles. The number of nitrogens with zero attached hydrogens (tertiary/aromatic N) is 6. The molecule has 2 N–H and O–H groups in total. The van der Waals surface area contributed by atoms with Crippen LogP contribution >= 0.6 is 23.2 Å². The number of alkyl halides is 2. The Morgan fingerprint density at radius 3 is 2.54 bits per heavy atom. The molecule has 240 valence electrons. The molecule has 46 heavy (non-hydrogen) atoms. The van der Waals surface area contributed by atoms with Crippen molar-refractivity contribution in [2.45, 2.75) is 52.0 Å². The molecule has 1 saturated heterocycles. The van der Waals surface area contributed by atoms with Gasteiger partial charge in [0, 0.05) is 37.3 Å². The highest BCUT2D eigenvalue weighted by Crippen LogP contribution is 2.43. The minimum atomic E-state index is -2.52. The summed E-state index contributed by atoms with van der Waals surface area (Å²) in [5.41, 5.74) is 4.75. The number of carbonyl (C=O) groups is 1. The molecular weight excluding hydrogens is 642 g/mol. The molecule has 0 spiro atoms. The maximum absolute atomic E-state index is 15.5. The fourth-order valence-corrected chi connectivity index (χ4v) is 6.45. The molecule has 0 bridgehead atoms. The van der Waals surface area contributed by atoms with E-state index in [0.29, 0.717) is 16.9 Å². The minimum Gasteiger partial charge on any atom is -0.399 e. The first kappa shape index (κ1) is 33.0. The molecule has 1 aliphatic heterocycles. The van der Waals surface area contributed by atoms with Crippen LogP contribution in [0, 0.1) is 18.3 Å². The summed E-state index contributed by atoms with van der Waals surface area (Å²) in [6, 6.07) is 4.79. The van der Waals surface area contributed by atoms with Crippen molar-refractivity contribution in [2.24, 2.45) is 5.73 Å². The highest BCUT2D eigenvalue weighted by molar-refractivity contribution is 6.34. The summed E-state index contributed by atoms with van der Waals surface area (Å²) in [5.74, 6) is -1.78. The first-order valence-electron chi connectivity index (χ1n) is 14.4. The Hall–Kier alpha value is -4.34. The van der Waals surface area contributed by atoms with Gasteiger partial charge >= 0.3 is 0 Å². The van der Waals surface area contributed by atoms with Gasteiger partial charge in [-0.3, -0.25) is 19.1 Å². The van der Waals surface area contributed by atoms with E-state index < -0.39 is 40.0 Å². The zero-order valence-corrected chi connectivity index (χ0v) is 26.9. The van der Waals surface area contributed by atoms with Crippen LogP contribution in [0.4, 0.5) is 18.9 Å². The van der Waals surface area contributed by atoms with Crippen molar-refractivity contribution in [3.63, 3.8) is 0 Å². The number of hydrogen-bond donors (Lipinski definition) is 1. The van der Waals surface area contributed by atoms with E-state index in [9.17, 15) is 23.6 Å². The van der Waals surface area contributed by atoms with E-state index in [-0.39, 0.29) is 70.5 Å². The second kappa shape index (κ2) is 12.5. The van der Waals surface area contributed by atoms with Gasteiger partial charge in [-0.1, -0.05) is 43.6 Å². The Kier molecular flexibility index (Phi) is 8.94. The van der Waals surface area contributed by atoms with Crippen LogP contribution < -0.4 is 16.2 Å². The van der Waals surface area contributed by atoms with Crippen molar-refractivity contribution in [1.82, 2.24) is 19.4 Å². The van der Waals surface area contributed by atoms with Crippen LogP contribution in [0.2, 0.25) is 5.02 Å². The molecule has 9 nitrogen and oxygen atoms in total. The Bertz CT molecular complexity index is 1970. The monoisotopic (exact) mass is 671 g/mol. The quantitative estimate of drug-likeness (QED) is 0.343. The first-order valence-corrected chi connectivity index (χ1v) is 15.2. The van der Waals surface area contributed by atoms with Crippen molar-refractivity contribution in [3.8, 4) is 11.8 Å². The summed E-state index contributed by atoms with van der Waals surface area (Å²) in [5, 5.41) is 9.42. The highest BCUT2D eigenvalue weighted by Gasteiger charge is 2.39. The number of rotatable bonds is 5. The number of halogens is 5. The second-order valence-electron chi connectivity index (χ2n) is 11.5. The number of aromatic nitrogens is 3. The lowest BCUT2D eigenvalue weighted by Crippen LogP contribution is -2.54. The van der Waals surface area contributed by atoms with Gasteiger partial charge in [0.25, 0.3) is 5.56 Å². The molecule has 14 heteroatoms. The van der Waals surface area contributed by atoms with Gasteiger partial charge < -0.3 is 15.5 Å². The van der Waals surface area contributed by atoms with E-state index in [4.69, 9.17) is 28.9 Å². The van der Waals surface area contributed by atoms with Crippen LogP contribution in [0.25, 0.3) is 22.3 Å². The van der Waals surface area contributed by atoms with Crippen molar-refractivity contribution < 1.29 is 18.0 Å². The number of piperazine rings is 1. The summed E-state index contributed by atoms with van der Waals surface area (Å²) in [4.78, 5) is 39.4. The molecule has 0 saturated carbocycles. The number of anilines is 1. The lowest BCUT2D eigenvalue weighted by Gasteiger charge is -2.41. The Morgan fingerprint density at radius 2 is 1.93 bits per heavy atom. The van der Waals surface area contributed by atoms with Gasteiger partial charge in [-0.05, 0) is 43.5 Å². The normalized spacial score (nSPS) is 20.5. The van der Waals surface area contributed by atoms with E-state index in [2.05, 4.69) is 22.6 Å². The number of amides is 1. The second-order valence-corrected chi connectivity index (χ2v) is 12.3. The van der Waals surface area contributed by atoms with Crippen molar-refractivity contribution in [1.29, 1.82) is 5.26 Å². The molecule has 3 aromatic heterocycles. The smallest absolute Gasteiger partial charge is 0.276 e. The van der Waals surface area contributed by atoms with Gasteiger partial charge in [0.1, 0.15) is 17.3 Å². The third kappa shape index (κ3) is 5.21. The Labute approximate surface area is 273 Å². The van der Waals surface area contributed by atoms with E-state index >= 15 is 4.39 Å². The SMILES string of the molecule is C=CC(=O)N1CCN(c2c(C#N)c(=O)n(-c3c(C)ccnc3C(C)C)c3nc(C4=C(N)C(F)C(F)C(Cl)=C4F)c(Cl)cc23)C[C@H]1C. The van der Waals surface area contributed by atoms with Crippen molar-refractivity contribution in [3.05, 3.63) is 85.4 Å². The Balaban J connectivity index is 1.91. The molecule has 1 amide bonds. The zero-order valence-electron chi connectivity index (χ0n) is 25.4. The molecule has 2 aliphatic rings. The van der Waals surface area contributed by atoms with Gasteiger partial charge in [-0.2, -0.15) is 5.26 Å². The van der Waals surface area contributed by atoms with Gasteiger partial charge in [0.05, 0.1) is 44.1 Å². The topological polar surface area (TPSA) is 121 Å². The van der Waals surface area contributed by atoms with Gasteiger partial charge in [-0.25, -0.2) is 18.2 Å². The van der Waals surface area contributed by atoms with Crippen molar-refractivity contribution in [2.75, 3.05) is 24.5 Å². The van der Waals surface area contributed by atoms with E-state index in [1.165, 1.54) is 16.7 Å². The molecule has 3 atom stereocenters. The van der Waals surface area contributed by atoms with Crippen LogP contribution in [0.5, 0.6) is 0 Å². The predicted molar refractivity (Wildman–Crippen MR) is 172 cm³/mol. The lowest BCUT2D eigenvalue weighted by atomic mass is 9.95. The van der Waals surface area contributed by atoms with E-state index in [0.717, 1.165) is 0 Å². The lowest BCUT2D eigenvalue weighted by molar-refractivity contribution is -0.128. The number of hydrogen-bond acceptors (Lipinski definition) is 7. The third-order valence-electron chi connectivity index (χ3n) is 8.27. The van der Waals surface area contributed by atoms with Crippen LogP contribution in [0.15, 0.2) is 52.3 Å². The van der Waals surface area contributed by atoms with Crippen LogP contribution in [-0.2, 0) is 4.79 Å². The molecule has 0 radical (unpaired) electrons. The van der Waals surface area contributed by atoms with Gasteiger partial charge in [0.15, 0.2) is 18.2 Å². The highest BCUT2D eigenvalue weighted by atomic mass is 35.5. The summed E-state index contributed by atoms with van der Waals surface area (Å²) < 4.78 is 46.0. The number of carbonyl (C=O) groups excluding carboxylic acids is 1. The number of nitrogens with two attached hydrogens (primary N) is 1. The number of pyridine rings is 3. The zero-order chi connectivity index (χ0) is 33.8. The third-order valence-corrected chi connectivity index (χ3v) is 8.93. The predicted octanol–water partition coefficient (Wildman–Crippen LogP) is 5.74. The maximum atomic E-state index is 15.5. The van der Waals surface area contributed by atoms with Crippen molar-refractivity contribution >= 4 is 51.4 Å². The summed E-state index contributed by atoms with van der Waals surface area (Å²) in [6.07, 6.45) is -2.19. The first-order chi connectivity index (χ1) is 21.7. The van der Waals surface area contributed by atoms with Crippen LogP contribution in [0.1, 0.15) is 49.2 Å². The molecule has 1 fully saturated rings. The van der Waals surface area contributed by atoms with Crippen LogP contribution in [-0.4, -0.2) is 63.4 Å². The van der Waals surface area contributed by atoms with Crippen LogP contribution in [0.3, 0.4) is 0 Å². The molecule has 4 heterocycles.